The number of hydrogen-bond acceptors (Lipinski definition) is 2. The highest BCUT2D eigenvalue weighted by Gasteiger charge is 2.15. The van der Waals surface area contributed by atoms with Crippen molar-refractivity contribution in [3.05, 3.63) is 52.5 Å². The zero-order valence-corrected chi connectivity index (χ0v) is 10.5. The number of halogens is 1. The van der Waals surface area contributed by atoms with E-state index in [1.807, 2.05) is 19.1 Å². The number of carboxylic acids is 1. The molecule has 0 aliphatic heterocycles. The number of hydrogen-bond donors (Lipinski definition) is 2. The van der Waals surface area contributed by atoms with E-state index in [0.29, 0.717) is 10.6 Å². The highest BCUT2D eigenvalue weighted by molar-refractivity contribution is 6.33. The van der Waals surface area contributed by atoms with Crippen molar-refractivity contribution in [1.82, 2.24) is 0 Å². The number of carboxylic acid groups (broad SMARTS) is 1. The van der Waals surface area contributed by atoms with E-state index in [-0.39, 0.29) is 11.3 Å². The molecule has 0 unspecified atom stereocenters. The summed E-state index contributed by atoms with van der Waals surface area (Å²) in [6.07, 6.45) is 0. The van der Waals surface area contributed by atoms with Gasteiger partial charge in [-0.25, -0.2) is 4.79 Å². The zero-order valence-electron chi connectivity index (χ0n) is 9.77. The van der Waals surface area contributed by atoms with Gasteiger partial charge in [-0.2, -0.15) is 0 Å². The van der Waals surface area contributed by atoms with Crippen LogP contribution < -0.4 is 5.73 Å². The predicted molar refractivity (Wildman–Crippen MR) is 73.0 cm³/mol. The van der Waals surface area contributed by atoms with Crippen molar-refractivity contribution in [3.8, 4) is 11.1 Å². The molecule has 0 radical (unpaired) electrons. The van der Waals surface area contributed by atoms with Crippen molar-refractivity contribution < 1.29 is 9.90 Å². The third-order valence-electron chi connectivity index (χ3n) is 2.83. The van der Waals surface area contributed by atoms with Gasteiger partial charge in [-0.3, -0.25) is 0 Å². The smallest absolute Gasteiger partial charge is 0.337 e. The fourth-order valence-electron chi connectivity index (χ4n) is 1.94. The summed E-state index contributed by atoms with van der Waals surface area (Å²) in [5.74, 6) is -1.04. The lowest BCUT2D eigenvalue weighted by Gasteiger charge is -2.12. The van der Waals surface area contributed by atoms with Gasteiger partial charge in [-0.15, -0.1) is 0 Å². The van der Waals surface area contributed by atoms with Gasteiger partial charge in [0.15, 0.2) is 0 Å². The van der Waals surface area contributed by atoms with Crippen molar-refractivity contribution in [2.24, 2.45) is 0 Å². The summed E-state index contributed by atoms with van der Waals surface area (Å²) >= 11 is 6.16. The second kappa shape index (κ2) is 4.70. The van der Waals surface area contributed by atoms with E-state index >= 15 is 0 Å². The van der Waals surface area contributed by atoms with Gasteiger partial charge in [-0.05, 0) is 24.6 Å². The molecule has 0 bridgehead atoms. The number of carbonyl (C=O) groups is 1. The van der Waals surface area contributed by atoms with Crippen LogP contribution in [-0.2, 0) is 0 Å². The first-order chi connectivity index (χ1) is 8.52. The summed E-state index contributed by atoms with van der Waals surface area (Å²) in [5, 5.41) is 9.62. The average Bonchev–Trinajstić information content (AvgIpc) is 2.30. The Morgan fingerprint density at radius 3 is 2.50 bits per heavy atom. The Labute approximate surface area is 110 Å². The van der Waals surface area contributed by atoms with Crippen LogP contribution in [0.1, 0.15) is 15.9 Å². The van der Waals surface area contributed by atoms with Crippen molar-refractivity contribution in [2.75, 3.05) is 5.73 Å². The van der Waals surface area contributed by atoms with Gasteiger partial charge >= 0.3 is 5.97 Å². The molecule has 2 aromatic rings. The Bertz CT molecular complexity index is 603. The van der Waals surface area contributed by atoms with Crippen molar-refractivity contribution >= 4 is 23.3 Å². The Morgan fingerprint density at radius 1 is 1.22 bits per heavy atom. The lowest BCUT2D eigenvalue weighted by molar-refractivity contribution is 0.0698. The van der Waals surface area contributed by atoms with Gasteiger partial charge in [0.1, 0.15) is 0 Å². The molecule has 0 saturated heterocycles. The summed E-state index contributed by atoms with van der Waals surface area (Å²) in [6, 6.07) is 10.4. The molecule has 0 aliphatic carbocycles. The molecule has 18 heavy (non-hydrogen) atoms. The number of aromatic carboxylic acids is 1. The fraction of sp³-hybridized carbons (Fsp3) is 0.0714. The van der Waals surface area contributed by atoms with Crippen LogP contribution >= 0.6 is 11.6 Å². The average molecular weight is 262 g/mol. The van der Waals surface area contributed by atoms with Crippen LogP contribution in [0, 0.1) is 6.92 Å². The third-order valence-corrected chi connectivity index (χ3v) is 3.14. The maximum Gasteiger partial charge on any atom is 0.337 e. The number of benzene rings is 2. The predicted octanol–water partition coefficient (Wildman–Crippen LogP) is 3.60. The van der Waals surface area contributed by atoms with E-state index in [1.165, 1.54) is 6.07 Å². The maximum absolute atomic E-state index is 11.1. The minimum atomic E-state index is -1.04. The fourth-order valence-corrected chi connectivity index (χ4v) is 2.27. The zero-order chi connectivity index (χ0) is 13.3. The minimum Gasteiger partial charge on any atom is -0.478 e. The molecule has 0 atom stereocenters. The van der Waals surface area contributed by atoms with Gasteiger partial charge in [0, 0.05) is 16.1 Å². The highest BCUT2D eigenvalue weighted by atomic mass is 35.5. The highest BCUT2D eigenvalue weighted by Crippen LogP contribution is 2.36. The van der Waals surface area contributed by atoms with Crippen LogP contribution in [0.5, 0.6) is 0 Å². The Balaban J connectivity index is 2.73. The Morgan fingerprint density at radius 2 is 1.89 bits per heavy atom. The molecule has 0 spiro atoms. The number of aryl methyl sites for hydroxylation is 1. The first kappa shape index (κ1) is 12.5. The van der Waals surface area contributed by atoms with Crippen LogP contribution in [0.4, 0.5) is 5.69 Å². The van der Waals surface area contributed by atoms with Crippen LogP contribution in [0.15, 0.2) is 36.4 Å². The molecule has 0 amide bonds. The molecule has 3 N–H and O–H groups in total. The molecule has 0 fully saturated rings. The first-order valence-corrected chi connectivity index (χ1v) is 5.77. The first-order valence-electron chi connectivity index (χ1n) is 5.39. The molecule has 4 heteroatoms. The molecule has 2 aromatic carbocycles. The number of nitrogen functional groups attached to an aromatic ring is 1. The van der Waals surface area contributed by atoms with E-state index in [2.05, 4.69) is 0 Å². The second-order valence-corrected chi connectivity index (χ2v) is 4.41. The monoisotopic (exact) mass is 261 g/mol. The summed E-state index contributed by atoms with van der Waals surface area (Å²) in [4.78, 5) is 11.1. The summed E-state index contributed by atoms with van der Waals surface area (Å²) in [5.41, 5.74) is 8.63. The number of nitrogens with two attached hydrogens (primary N) is 1. The van der Waals surface area contributed by atoms with Gasteiger partial charge in [0.2, 0.25) is 0 Å². The molecular weight excluding hydrogens is 250 g/mol. The largest absolute Gasteiger partial charge is 0.478 e. The lowest BCUT2D eigenvalue weighted by atomic mass is 9.96. The molecule has 0 aromatic heterocycles. The molecule has 0 heterocycles. The summed E-state index contributed by atoms with van der Waals surface area (Å²) < 4.78 is 0. The number of anilines is 1. The second-order valence-electron chi connectivity index (χ2n) is 4.00. The molecule has 2 rings (SSSR count). The normalized spacial score (nSPS) is 10.3. The van der Waals surface area contributed by atoms with E-state index in [4.69, 9.17) is 22.4 Å². The molecule has 0 saturated carbocycles. The molecule has 92 valence electrons. The van der Waals surface area contributed by atoms with Crippen LogP contribution in [0.25, 0.3) is 11.1 Å². The Hall–Kier alpha value is -2.00. The lowest BCUT2D eigenvalue weighted by Crippen LogP contribution is -2.04. The number of para-hydroxylation sites is 1. The molecule has 0 aliphatic rings. The topological polar surface area (TPSA) is 63.3 Å². The SMILES string of the molecule is Cc1cccc(Cl)c1-c1cccc(C(=O)O)c1N. The van der Waals surface area contributed by atoms with Gasteiger partial charge < -0.3 is 10.8 Å². The van der Waals surface area contributed by atoms with Gasteiger partial charge in [0.25, 0.3) is 0 Å². The van der Waals surface area contributed by atoms with Crippen LogP contribution in [-0.4, -0.2) is 11.1 Å². The van der Waals surface area contributed by atoms with Gasteiger partial charge in [0.05, 0.1) is 11.3 Å². The summed E-state index contributed by atoms with van der Waals surface area (Å²) in [6.45, 7) is 1.91. The van der Waals surface area contributed by atoms with Crippen LogP contribution in [0.3, 0.4) is 0 Å². The minimum absolute atomic E-state index is 0.0896. The van der Waals surface area contributed by atoms with Crippen molar-refractivity contribution in [2.45, 2.75) is 6.92 Å². The Kier molecular flexibility index (Phi) is 3.26. The van der Waals surface area contributed by atoms with E-state index in [1.54, 1.807) is 18.2 Å². The van der Waals surface area contributed by atoms with E-state index in [0.717, 1.165) is 11.1 Å². The van der Waals surface area contributed by atoms with Gasteiger partial charge in [-0.1, -0.05) is 35.9 Å². The van der Waals surface area contributed by atoms with E-state index in [9.17, 15) is 4.79 Å². The number of rotatable bonds is 2. The van der Waals surface area contributed by atoms with Crippen LogP contribution in [0.2, 0.25) is 5.02 Å². The van der Waals surface area contributed by atoms with Crippen molar-refractivity contribution in [3.63, 3.8) is 0 Å². The maximum atomic E-state index is 11.1. The summed E-state index contributed by atoms with van der Waals surface area (Å²) in [7, 11) is 0. The quantitative estimate of drug-likeness (QED) is 0.812. The standard InChI is InChI=1S/C14H12ClNO2/c1-8-4-2-7-11(15)12(8)9-5-3-6-10(13(9)16)14(17)18/h2-7H,16H2,1H3,(H,17,18). The van der Waals surface area contributed by atoms with Crippen molar-refractivity contribution in [1.29, 1.82) is 0 Å². The molecule has 3 nitrogen and oxygen atoms in total. The van der Waals surface area contributed by atoms with E-state index < -0.39 is 5.97 Å². The third kappa shape index (κ3) is 2.05. The molecular formula is C14H12ClNO2.